The second-order valence-electron chi connectivity index (χ2n) is 22.5. The lowest BCUT2D eigenvalue weighted by Gasteiger charge is -2.30. The van der Waals surface area contributed by atoms with E-state index in [2.05, 4.69) is 111 Å². The molecule has 0 aliphatic heterocycles. The molecule has 78 heavy (non-hydrogen) atoms. The van der Waals surface area contributed by atoms with E-state index in [1.807, 2.05) is 33.3 Å². The lowest BCUT2D eigenvalue weighted by Crippen LogP contribution is -2.47. The molecule has 0 saturated heterocycles. The summed E-state index contributed by atoms with van der Waals surface area (Å²) in [7, 11) is 1.16. The minimum atomic E-state index is -4.71. The third-order valence-corrected chi connectivity index (χ3v) is 14.7. The van der Waals surface area contributed by atoms with Crippen LogP contribution in [0.15, 0.2) is 97.2 Å². The maximum atomic E-state index is 13.6. The molecular formula is C68H121N2O7P. The molecule has 0 aromatic heterocycles. The molecule has 0 aromatic rings. The molecule has 0 aliphatic rings. The molecule has 0 radical (unpaired) electrons. The van der Waals surface area contributed by atoms with E-state index in [0.717, 1.165) is 122 Å². The second kappa shape index (κ2) is 57.2. The van der Waals surface area contributed by atoms with Crippen LogP contribution in [0, 0.1) is 0 Å². The van der Waals surface area contributed by atoms with Crippen LogP contribution in [0.25, 0.3) is 0 Å². The van der Waals surface area contributed by atoms with E-state index in [9.17, 15) is 19.0 Å². The number of nitrogens with one attached hydrogen (secondary N) is 1. The normalized spacial score (nSPS) is 14.3. The largest absolute Gasteiger partial charge is 0.756 e. The van der Waals surface area contributed by atoms with Crippen molar-refractivity contribution in [1.29, 1.82) is 0 Å². The molecule has 0 spiro atoms. The highest BCUT2D eigenvalue weighted by Gasteiger charge is 2.27. The van der Waals surface area contributed by atoms with Crippen molar-refractivity contribution in [2.75, 3.05) is 40.9 Å². The summed E-state index contributed by atoms with van der Waals surface area (Å²) in [6.45, 7) is 6.69. The van der Waals surface area contributed by atoms with Gasteiger partial charge in [0.1, 0.15) is 19.3 Å². The van der Waals surface area contributed by atoms with Crippen LogP contribution >= 0.6 is 7.82 Å². The minimum absolute atomic E-state index is 0.0303. The van der Waals surface area contributed by atoms with Gasteiger partial charge in [-0.2, -0.15) is 0 Å². The molecule has 0 bridgehead atoms. The monoisotopic (exact) mass is 1110 g/mol. The average Bonchev–Trinajstić information content (AvgIpc) is 3.40. The maximum absolute atomic E-state index is 13.6. The van der Waals surface area contributed by atoms with Crippen molar-refractivity contribution in [3.63, 3.8) is 0 Å². The van der Waals surface area contributed by atoms with E-state index in [4.69, 9.17) is 13.8 Å². The van der Waals surface area contributed by atoms with Gasteiger partial charge < -0.3 is 28.5 Å². The van der Waals surface area contributed by atoms with E-state index in [-0.39, 0.29) is 24.9 Å². The number of amides is 1. The van der Waals surface area contributed by atoms with Crippen LogP contribution in [0.5, 0.6) is 0 Å². The van der Waals surface area contributed by atoms with Crippen molar-refractivity contribution in [3.05, 3.63) is 97.2 Å². The Hall–Kier alpha value is -3.07. The average molecular weight is 1110 g/mol. The van der Waals surface area contributed by atoms with Crippen molar-refractivity contribution >= 4 is 19.7 Å². The van der Waals surface area contributed by atoms with Crippen molar-refractivity contribution < 1.29 is 37.3 Å². The highest BCUT2D eigenvalue weighted by atomic mass is 31.2. The molecule has 0 saturated carbocycles. The summed E-state index contributed by atoms with van der Waals surface area (Å²) in [5.74, 6) is -0.564. The molecule has 0 aliphatic carbocycles. The number of unbranched alkanes of at least 4 members (excludes halogenated alkanes) is 27. The van der Waals surface area contributed by atoms with Crippen LogP contribution in [0.2, 0.25) is 0 Å². The standard InChI is InChI=1S/C68H121N2O7P/c1-7-10-13-16-19-22-25-28-30-32-33-34-35-36-37-39-40-42-45-48-51-54-57-60-67(71)69-65(64-76-78(73,74)75-63-62-70(4,5)6)66(59-56-53-50-47-44-27-24-21-18-15-12-9-3)77-68(72)61-58-55-52-49-46-43-41-38-31-29-26-23-20-17-14-11-8-2/h10,13,19-20,22-23,28-31,33-34,36-37,56,59,65-66H,7-9,11-12,14-18,21,24-27,32,35,38-55,57-58,60-64H2,1-6H3,(H-,69,71,73,74)/b13-10-,22-19-,23-20-,30-28-,31-29-,34-33-,37-36-,59-56-. The molecule has 0 aromatic carbocycles. The summed E-state index contributed by atoms with van der Waals surface area (Å²) in [6.07, 6.45) is 76.5. The predicted octanol–water partition coefficient (Wildman–Crippen LogP) is 19.3. The molecule has 1 N–H and O–H groups in total. The molecular weight excluding hydrogens is 988 g/mol. The van der Waals surface area contributed by atoms with Gasteiger partial charge in [0.15, 0.2) is 0 Å². The zero-order valence-electron chi connectivity index (χ0n) is 51.3. The number of nitrogens with zero attached hydrogens (tertiary/aromatic N) is 1. The number of phosphoric ester groups is 1. The maximum Gasteiger partial charge on any atom is 0.306 e. The number of quaternary nitrogens is 1. The number of likely N-dealkylation sites (N-methyl/N-ethyl adjacent to an activating group) is 1. The highest BCUT2D eigenvalue weighted by molar-refractivity contribution is 7.45. The van der Waals surface area contributed by atoms with Gasteiger partial charge in [0.25, 0.3) is 7.82 Å². The van der Waals surface area contributed by atoms with Crippen molar-refractivity contribution in [2.45, 2.75) is 283 Å². The Bertz CT molecular complexity index is 1660. The number of allylic oxidation sites excluding steroid dienone is 15. The fourth-order valence-electron chi connectivity index (χ4n) is 8.81. The van der Waals surface area contributed by atoms with Gasteiger partial charge >= 0.3 is 5.97 Å². The van der Waals surface area contributed by atoms with Crippen LogP contribution in [0.3, 0.4) is 0 Å². The smallest absolute Gasteiger partial charge is 0.306 e. The molecule has 10 heteroatoms. The fourth-order valence-corrected chi connectivity index (χ4v) is 9.54. The molecule has 3 unspecified atom stereocenters. The van der Waals surface area contributed by atoms with Gasteiger partial charge in [-0.05, 0) is 109 Å². The van der Waals surface area contributed by atoms with E-state index in [1.54, 1.807) is 0 Å². The Morgan fingerprint density at radius 1 is 0.462 bits per heavy atom. The summed E-state index contributed by atoms with van der Waals surface area (Å²) >= 11 is 0. The molecule has 450 valence electrons. The quantitative estimate of drug-likeness (QED) is 0.0212. The zero-order chi connectivity index (χ0) is 57.2. The van der Waals surface area contributed by atoms with Gasteiger partial charge in [-0.3, -0.25) is 14.2 Å². The Kier molecular flexibility index (Phi) is 54.9. The second-order valence-corrected chi connectivity index (χ2v) is 23.9. The van der Waals surface area contributed by atoms with Crippen LogP contribution in [0.4, 0.5) is 0 Å². The predicted molar refractivity (Wildman–Crippen MR) is 334 cm³/mol. The first-order chi connectivity index (χ1) is 37.9. The van der Waals surface area contributed by atoms with Crippen molar-refractivity contribution in [3.8, 4) is 0 Å². The molecule has 0 heterocycles. The summed E-state index contributed by atoms with van der Waals surface area (Å²) in [5.41, 5.74) is 0. The lowest BCUT2D eigenvalue weighted by molar-refractivity contribution is -0.870. The number of esters is 1. The molecule has 3 atom stereocenters. The number of carbonyl (C=O) groups is 2. The summed E-state index contributed by atoms with van der Waals surface area (Å²) in [6, 6.07) is -0.903. The Morgan fingerprint density at radius 3 is 1.26 bits per heavy atom. The Balaban J connectivity index is 5.24. The third kappa shape index (κ3) is 57.6. The van der Waals surface area contributed by atoms with Crippen LogP contribution in [-0.2, 0) is 27.9 Å². The Morgan fingerprint density at radius 2 is 0.821 bits per heavy atom. The number of hydrogen-bond donors (Lipinski definition) is 1. The number of phosphoric acid groups is 1. The van der Waals surface area contributed by atoms with E-state index >= 15 is 0 Å². The third-order valence-electron chi connectivity index (χ3n) is 13.7. The first kappa shape index (κ1) is 74.9. The lowest BCUT2D eigenvalue weighted by atomic mass is 10.0. The van der Waals surface area contributed by atoms with Crippen LogP contribution in [-0.4, -0.2) is 69.4 Å². The molecule has 0 rings (SSSR count). The SMILES string of the molecule is CC/C=C\C/C=C\C/C=C\C/C=C\C/C=C\CCCCCCCCCC(=O)NC(COP(=O)([O-])OCC[N+](C)(C)C)C(/C=C\CCCCCCCCCCCC)OC(=O)CCCCCCCCC/C=C\C/C=C\CCCCC. The first-order valence-corrected chi connectivity index (χ1v) is 33.5. The van der Waals surface area contributed by atoms with Gasteiger partial charge in [-0.25, -0.2) is 0 Å². The van der Waals surface area contributed by atoms with Crippen LogP contribution < -0.4 is 10.2 Å². The molecule has 0 fully saturated rings. The molecule has 9 nitrogen and oxygen atoms in total. The molecule has 1 amide bonds. The summed E-state index contributed by atoms with van der Waals surface area (Å²) in [5, 5.41) is 3.02. The number of hydrogen-bond acceptors (Lipinski definition) is 7. The van der Waals surface area contributed by atoms with Gasteiger partial charge in [0.2, 0.25) is 5.91 Å². The summed E-state index contributed by atoms with van der Waals surface area (Å²) < 4.78 is 30.3. The number of carbonyl (C=O) groups excluding carboxylic acids is 2. The van der Waals surface area contributed by atoms with Crippen molar-refractivity contribution in [2.24, 2.45) is 0 Å². The van der Waals surface area contributed by atoms with Gasteiger partial charge in [-0.15, -0.1) is 0 Å². The van der Waals surface area contributed by atoms with E-state index in [0.29, 0.717) is 17.4 Å². The van der Waals surface area contributed by atoms with E-state index < -0.39 is 26.6 Å². The van der Waals surface area contributed by atoms with Gasteiger partial charge in [0, 0.05) is 12.8 Å². The fraction of sp³-hybridized carbons (Fsp3) is 0.735. The highest BCUT2D eigenvalue weighted by Crippen LogP contribution is 2.38. The van der Waals surface area contributed by atoms with Crippen molar-refractivity contribution in [1.82, 2.24) is 5.32 Å². The zero-order valence-corrected chi connectivity index (χ0v) is 52.2. The van der Waals surface area contributed by atoms with Crippen LogP contribution in [0.1, 0.15) is 271 Å². The topological polar surface area (TPSA) is 114 Å². The summed E-state index contributed by atoms with van der Waals surface area (Å²) in [4.78, 5) is 40.0. The number of rotatable bonds is 57. The minimum Gasteiger partial charge on any atom is -0.756 e. The number of ether oxygens (including phenoxy) is 1. The van der Waals surface area contributed by atoms with Gasteiger partial charge in [0.05, 0.1) is 33.8 Å². The van der Waals surface area contributed by atoms with E-state index in [1.165, 1.54) is 116 Å². The first-order valence-electron chi connectivity index (χ1n) is 32.0. The van der Waals surface area contributed by atoms with Gasteiger partial charge in [-0.1, -0.05) is 247 Å². The Labute approximate surface area is 481 Å².